The summed E-state index contributed by atoms with van der Waals surface area (Å²) >= 11 is 0. The highest BCUT2D eigenvalue weighted by molar-refractivity contribution is 6.00. The van der Waals surface area contributed by atoms with E-state index in [-0.39, 0.29) is 5.91 Å². The van der Waals surface area contributed by atoms with E-state index >= 15 is 0 Å². The molecule has 31 heavy (non-hydrogen) atoms. The van der Waals surface area contributed by atoms with Gasteiger partial charge in [-0.15, -0.1) is 0 Å². The summed E-state index contributed by atoms with van der Waals surface area (Å²) in [5.41, 5.74) is 3.20. The monoisotopic (exact) mass is 413 g/mol. The second-order valence-corrected chi connectivity index (χ2v) is 8.19. The minimum absolute atomic E-state index is 0.0588. The van der Waals surface area contributed by atoms with Crippen LogP contribution in [0.4, 0.5) is 0 Å². The number of hydrogen-bond donors (Lipinski definition) is 0. The van der Waals surface area contributed by atoms with E-state index in [4.69, 9.17) is 4.98 Å². The Balaban J connectivity index is 1.50. The molecule has 6 nitrogen and oxygen atoms in total. The van der Waals surface area contributed by atoms with Gasteiger partial charge in [-0.25, -0.2) is 9.97 Å². The molecule has 158 valence electrons. The Labute approximate surface area is 182 Å². The number of pyridine rings is 1. The van der Waals surface area contributed by atoms with Crippen molar-refractivity contribution in [3.8, 4) is 11.5 Å². The van der Waals surface area contributed by atoms with Crippen LogP contribution in [-0.4, -0.2) is 36.3 Å². The van der Waals surface area contributed by atoms with Crippen molar-refractivity contribution in [3.05, 3.63) is 78.5 Å². The maximum Gasteiger partial charge on any atom is 0.275 e. The molecule has 0 saturated heterocycles. The minimum atomic E-state index is -0.0588. The third kappa shape index (κ3) is 3.74. The number of nitrogens with zero attached hydrogens (tertiary/aromatic N) is 5. The van der Waals surface area contributed by atoms with E-state index in [1.807, 2.05) is 77.3 Å². The zero-order valence-corrected chi connectivity index (χ0v) is 17.8. The molecule has 1 amide bonds. The number of imidazole rings is 2. The maximum absolute atomic E-state index is 13.5. The number of hydrogen-bond acceptors (Lipinski definition) is 3. The van der Waals surface area contributed by atoms with Gasteiger partial charge >= 0.3 is 0 Å². The molecule has 3 aromatic heterocycles. The number of aromatic nitrogens is 4. The molecule has 3 heterocycles. The summed E-state index contributed by atoms with van der Waals surface area (Å²) in [6, 6.07) is 16.5. The first-order valence-corrected chi connectivity index (χ1v) is 11.1. The lowest BCUT2D eigenvalue weighted by Crippen LogP contribution is -2.30. The topological polar surface area (TPSA) is 55.4 Å². The SMILES string of the molecule is CCN(Cc1ccccc1)C(=O)c1nc(-c2cn(C3CCCC3)cn2)n2ccccc12. The maximum atomic E-state index is 13.5. The molecular formula is C25H27N5O. The van der Waals surface area contributed by atoms with Crippen LogP contribution in [0.25, 0.3) is 17.0 Å². The van der Waals surface area contributed by atoms with Gasteiger partial charge < -0.3 is 9.47 Å². The molecule has 4 aromatic rings. The predicted octanol–water partition coefficient (Wildman–Crippen LogP) is 4.98. The number of amides is 1. The van der Waals surface area contributed by atoms with Gasteiger partial charge in [0.15, 0.2) is 11.5 Å². The molecule has 6 heteroatoms. The summed E-state index contributed by atoms with van der Waals surface area (Å²) in [6.45, 7) is 3.18. The Hall–Kier alpha value is -3.41. The molecule has 0 N–H and O–H groups in total. The van der Waals surface area contributed by atoms with Crippen LogP contribution in [0.1, 0.15) is 54.7 Å². The molecule has 0 aliphatic heterocycles. The van der Waals surface area contributed by atoms with Gasteiger partial charge in [-0.3, -0.25) is 9.20 Å². The number of carbonyl (C=O) groups is 1. The Bertz CT molecular complexity index is 1190. The van der Waals surface area contributed by atoms with Crippen LogP contribution in [0.3, 0.4) is 0 Å². The fourth-order valence-corrected chi connectivity index (χ4v) is 4.51. The van der Waals surface area contributed by atoms with Crippen molar-refractivity contribution in [2.75, 3.05) is 6.54 Å². The van der Waals surface area contributed by atoms with Crippen molar-refractivity contribution in [3.63, 3.8) is 0 Å². The second-order valence-electron chi connectivity index (χ2n) is 8.19. The lowest BCUT2D eigenvalue weighted by atomic mass is 10.2. The summed E-state index contributed by atoms with van der Waals surface area (Å²) in [6.07, 6.45) is 10.9. The van der Waals surface area contributed by atoms with Gasteiger partial charge in [0.1, 0.15) is 5.69 Å². The molecule has 1 aliphatic rings. The highest BCUT2D eigenvalue weighted by Gasteiger charge is 2.24. The molecule has 1 aromatic carbocycles. The number of benzene rings is 1. The van der Waals surface area contributed by atoms with E-state index in [1.54, 1.807) is 0 Å². The second kappa shape index (κ2) is 8.38. The van der Waals surface area contributed by atoms with E-state index in [0.717, 1.165) is 16.8 Å². The Morgan fingerprint density at radius 1 is 1.10 bits per heavy atom. The van der Waals surface area contributed by atoms with E-state index in [2.05, 4.69) is 15.7 Å². The molecule has 0 atom stereocenters. The van der Waals surface area contributed by atoms with E-state index in [9.17, 15) is 4.79 Å². The molecule has 0 spiro atoms. The number of carbonyl (C=O) groups excluding carboxylic acids is 1. The van der Waals surface area contributed by atoms with E-state index < -0.39 is 0 Å². The van der Waals surface area contributed by atoms with Crippen molar-refractivity contribution in [1.29, 1.82) is 0 Å². The standard InChI is InChI=1S/C25H27N5O/c1-2-28(16-19-10-4-3-5-11-19)25(31)23-22-14-8-9-15-30(22)24(27-23)21-17-29(18-26-21)20-12-6-7-13-20/h3-5,8-11,14-15,17-18,20H,2,6-7,12-13,16H2,1H3. The van der Waals surface area contributed by atoms with Gasteiger partial charge in [-0.2, -0.15) is 0 Å². The summed E-state index contributed by atoms with van der Waals surface area (Å²) in [5, 5.41) is 0. The highest BCUT2D eigenvalue weighted by atomic mass is 16.2. The Morgan fingerprint density at radius 3 is 2.65 bits per heavy atom. The zero-order chi connectivity index (χ0) is 21.2. The summed E-state index contributed by atoms with van der Waals surface area (Å²) in [5.74, 6) is 0.656. The zero-order valence-electron chi connectivity index (χ0n) is 17.8. The third-order valence-corrected chi connectivity index (χ3v) is 6.21. The molecule has 0 bridgehead atoms. The van der Waals surface area contributed by atoms with Crippen LogP contribution in [0.2, 0.25) is 0 Å². The van der Waals surface area contributed by atoms with E-state index in [1.165, 1.54) is 25.7 Å². The third-order valence-electron chi connectivity index (χ3n) is 6.21. The van der Waals surface area contributed by atoms with Crippen LogP contribution in [-0.2, 0) is 6.54 Å². The van der Waals surface area contributed by atoms with Crippen LogP contribution in [0.5, 0.6) is 0 Å². The fraction of sp³-hybridized carbons (Fsp3) is 0.320. The van der Waals surface area contributed by atoms with Gasteiger partial charge in [0.25, 0.3) is 5.91 Å². The highest BCUT2D eigenvalue weighted by Crippen LogP contribution is 2.31. The molecular weight excluding hydrogens is 386 g/mol. The lowest BCUT2D eigenvalue weighted by molar-refractivity contribution is 0.0749. The molecule has 1 saturated carbocycles. The number of fused-ring (bicyclic) bond motifs is 1. The molecule has 5 rings (SSSR count). The first kappa shape index (κ1) is 19.5. The van der Waals surface area contributed by atoms with Crippen molar-refractivity contribution in [2.45, 2.75) is 45.2 Å². The normalized spacial score (nSPS) is 14.4. The van der Waals surface area contributed by atoms with Crippen molar-refractivity contribution in [2.24, 2.45) is 0 Å². The molecule has 1 aliphatic carbocycles. The summed E-state index contributed by atoms with van der Waals surface area (Å²) in [4.78, 5) is 24.8. The van der Waals surface area contributed by atoms with Crippen LogP contribution < -0.4 is 0 Å². The van der Waals surface area contributed by atoms with E-state index in [0.29, 0.717) is 30.6 Å². The fourth-order valence-electron chi connectivity index (χ4n) is 4.51. The molecule has 0 unspecified atom stereocenters. The first-order chi connectivity index (χ1) is 15.2. The summed E-state index contributed by atoms with van der Waals surface area (Å²) < 4.78 is 4.19. The Kier molecular flexibility index (Phi) is 5.28. The number of rotatable bonds is 6. The van der Waals surface area contributed by atoms with Gasteiger partial charge in [0.05, 0.1) is 11.8 Å². The van der Waals surface area contributed by atoms with Crippen molar-refractivity contribution < 1.29 is 4.79 Å². The Morgan fingerprint density at radius 2 is 1.87 bits per heavy atom. The lowest BCUT2D eigenvalue weighted by Gasteiger charge is -2.20. The van der Waals surface area contributed by atoms with Gasteiger partial charge in [-0.05, 0) is 37.5 Å². The smallest absolute Gasteiger partial charge is 0.275 e. The predicted molar refractivity (Wildman–Crippen MR) is 121 cm³/mol. The van der Waals surface area contributed by atoms with Gasteiger partial charge in [0, 0.05) is 31.5 Å². The quantitative estimate of drug-likeness (QED) is 0.448. The average molecular weight is 414 g/mol. The van der Waals surface area contributed by atoms with Crippen LogP contribution in [0, 0.1) is 0 Å². The minimum Gasteiger partial charge on any atom is -0.334 e. The van der Waals surface area contributed by atoms with Crippen molar-refractivity contribution in [1.82, 2.24) is 23.8 Å². The van der Waals surface area contributed by atoms with Gasteiger partial charge in [-0.1, -0.05) is 49.2 Å². The van der Waals surface area contributed by atoms with Crippen LogP contribution in [0.15, 0.2) is 67.3 Å². The first-order valence-electron chi connectivity index (χ1n) is 11.1. The average Bonchev–Trinajstić information content (AvgIpc) is 3.57. The summed E-state index contributed by atoms with van der Waals surface area (Å²) in [7, 11) is 0. The molecule has 0 radical (unpaired) electrons. The largest absolute Gasteiger partial charge is 0.334 e. The van der Waals surface area contributed by atoms with Crippen LogP contribution >= 0.6 is 0 Å². The molecule has 1 fully saturated rings. The van der Waals surface area contributed by atoms with Gasteiger partial charge in [0.2, 0.25) is 0 Å². The van der Waals surface area contributed by atoms with Crippen molar-refractivity contribution >= 4 is 11.4 Å².